The fraction of sp³-hybridized carbons (Fsp3) is 0.375. The average Bonchev–Trinajstić information content (AvgIpc) is 3.43. The first-order valence-electron chi connectivity index (χ1n) is 10.7. The fourth-order valence-electron chi connectivity index (χ4n) is 3.56. The van der Waals surface area contributed by atoms with E-state index in [1.807, 2.05) is 31.2 Å². The van der Waals surface area contributed by atoms with Crippen molar-refractivity contribution in [3.05, 3.63) is 52.1 Å². The van der Waals surface area contributed by atoms with Crippen LogP contribution in [0.2, 0.25) is 0 Å². The minimum atomic E-state index is 0.267. The molecule has 0 saturated heterocycles. The van der Waals surface area contributed by atoms with Gasteiger partial charge in [0.15, 0.2) is 16.3 Å². The summed E-state index contributed by atoms with van der Waals surface area (Å²) in [6.07, 6.45) is 0.968. The number of ether oxygens (including phenoxy) is 4. The highest BCUT2D eigenvalue weighted by atomic mass is 32.1. The first-order valence-corrected chi connectivity index (χ1v) is 11.5. The van der Waals surface area contributed by atoms with Crippen LogP contribution in [-0.2, 0) is 11.3 Å². The van der Waals surface area contributed by atoms with E-state index in [2.05, 4.69) is 27.4 Å². The number of methoxy groups -OCH3 is 2. The van der Waals surface area contributed by atoms with Crippen LogP contribution >= 0.6 is 11.3 Å². The summed E-state index contributed by atoms with van der Waals surface area (Å²) in [7, 11) is 3.40. The van der Waals surface area contributed by atoms with Gasteiger partial charge in [0.1, 0.15) is 11.4 Å². The Morgan fingerprint density at radius 1 is 1.09 bits per heavy atom. The minimum Gasteiger partial charge on any atom is -0.494 e. The van der Waals surface area contributed by atoms with Gasteiger partial charge in [0.25, 0.3) is 0 Å². The number of aromatic nitrogens is 1. The van der Waals surface area contributed by atoms with Crippen LogP contribution in [0.4, 0.5) is 5.69 Å². The molecule has 0 saturated carbocycles. The number of hydrogen-bond donors (Lipinski definition) is 1. The summed E-state index contributed by atoms with van der Waals surface area (Å²) in [6.45, 7) is 5.61. The van der Waals surface area contributed by atoms with Crippen LogP contribution in [0.1, 0.15) is 12.0 Å². The van der Waals surface area contributed by atoms with Crippen LogP contribution in [0.3, 0.4) is 0 Å². The Bertz CT molecular complexity index is 1120. The summed E-state index contributed by atoms with van der Waals surface area (Å²) in [5.41, 5.74) is 4.15. The molecule has 1 N–H and O–H groups in total. The van der Waals surface area contributed by atoms with E-state index >= 15 is 0 Å². The zero-order chi connectivity index (χ0) is 22.3. The van der Waals surface area contributed by atoms with Crippen LogP contribution in [0.5, 0.6) is 17.2 Å². The van der Waals surface area contributed by atoms with E-state index in [0.29, 0.717) is 6.61 Å². The third kappa shape index (κ3) is 5.15. The Morgan fingerprint density at radius 3 is 2.81 bits per heavy atom. The van der Waals surface area contributed by atoms with E-state index in [-0.39, 0.29) is 6.79 Å². The van der Waals surface area contributed by atoms with Crippen LogP contribution in [0.15, 0.2) is 46.8 Å². The van der Waals surface area contributed by atoms with Gasteiger partial charge in [-0.3, -0.25) is 0 Å². The van der Waals surface area contributed by atoms with Gasteiger partial charge in [0.2, 0.25) is 6.79 Å². The molecule has 0 amide bonds. The van der Waals surface area contributed by atoms with E-state index in [1.165, 1.54) is 0 Å². The molecule has 1 aliphatic rings. The quantitative estimate of drug-likeness (QED) is 0.466. The summed E-state index contributed by atoms with van der Waals surface area (Å²) in [5, 5.41) is 5.56. The number of benzene rings is 2. The predicted octanol–water partition coefficient (Wildman–Crippen LogP) is 4.12. The predicted molar refractivity (Wildman–Crippen MR) is 126 cm³/mol. The van der Waals surface area contributed by atoms with Crippen molar-refractivity contribution >= 4 is 17.0 Å². The minimum absolute atomic E-state index is 0.267. The molecule has 7 nitrogen and oxygen atoms in total. The molecule has 3 aromatic rings. The van der Waals surface area contributed by atoms with E-state index in [4.69, 9.17) is 23.9 Å². The van der Waals surface area contributed by atoms with Crippen molar-refractivity contribution in [1.82, 2.24) is 9.88 Å². The lowest BCUT2D eigenvalue weighted by Gasteiger charge is -2.11. The number of fused-ring (bicyclic) bond motifs is 1. The molecule has 1 aliphatic heterocycles. The number of nitrogens with one attached hydrogen (secondary N) is 1. The van der Waals surface area contributed by atoms with Crippen molar-refractivity contribution in [3.8, 4) is 28.5 Å². The Labute approximate surface area is 192 Å². The lowest BCUT2D eigenvalue weighted by molar-refractivity contribution is 0.174. The molecule has 170 valence electrons. The van der Waals surface area contributed by atoms with E-state index in [1.54, 1.807) is 25.6 Å². The van der Waals surface area contributed by atoms with Gasteiger partial charge in [0, 0.05) is 31.1 Å². The molecule has 8 heteroatoms. The summed E-state index contributed by atoms with van der Waals surface area (Å²) in [5.74, 6) is 2.34. The molecule has 0 spiro atoms. The maximum absolute atomic E-state index is 5.59. The smallest absolute Gasteiger partial charge is 0.231 e. The van der Waals surface area contributed by atoms with E-state index < -0.39 is 0 Å². The molecule has 0 atom stereocenters. The second-order valence-electron chi connectivity index (χ2n) is 7.51. The van der Waals surface area contributed by atoms with Gasteiger partial charge in [-0.2, -0.15) is 0 Å². The highest BCUT2D eigenvalue weighted by molar-refractivity contribution is 7.07. The van der Waals surface area contributed by atoms with Crippen molar-refractivity contribution in [2.75, 3.05) is 40.7 Å². The number of thiazole rings is 1. The fourth-order valence-corrected chi connectivity index (χ4v) is 4.51. The summed E-state index contributed by atoms with van der Waals surface area (Å²) in [4.78, 5) is 5.89. The zero-order valence-electron chi connectivity index (χ0n) is 18.7. The van der Waals surface area contributed by atoms with Gasteiger partial charge in [-0.25, -0.2) is 4.99 Å². The summed E-state index contributed by atoms with van der Waals surface area (Å²) in [6, 6.07) is 12.1. The Morgan fingerprint density at radius 2 is 1.97 bits per heavy atom. The van der Waals surface area contributed by atoms with Gasteiger partial charge in [-0.1, -0.05) is 6.07 Å². The lowest BCUT2D eigenvalue weighted by Crippen LogP contribution is -2.23. The van der Waals surface area contributed by atoms with Gasteiger partial charge in [0.05, 0.1) is 19.4 Å². The lowest BCUT2D eigenvalue weighted by atomic mass is 10.1. The van der Waals surface area contributed by atoms with E-state index in [9.17, 15) is 0 Å². The average molecular weight is 456 g/mol. The third-order valence-corrected chi connectivity index (χ3v) is 6.10. The molecule has 2 heterocycles. The Balaban J connectivity index is 1.67. The first kappa shape index (κ1) is 22.4. The second-order valence-corrected chi connectivity index (χ2v) is 8.34. The normalized spacial score (nSPS) is 13.0. The molecule has 32 heavy (non-hydrogen) atoms. The van der Waals surface area contributed by atoms with Gasteiger partial charge < -0.3 is 28.8 Å². The van der Waals surface area contributed by atoms with Crippen molar-refractivity contribution in [2.24, 2.45) is 4.99 Å². The second kappa shape index (κ2) is 10.7. The number of aryl methyl sites for hydroxylation is 1. The largest absolute Gasteiger partial charge is 0.494 e. The standard InChI is InChI=1S/C24H29N3O4S/c1-17-5-7-19(22(13-17)29-3)26-24-27(11-4-9-25-10-12-28-2)20(15-32-24)18-6-8-21-23(14-18)31-16-30-21/h5-8,13-15,25H,4,9-12,16H2,1-3H3. The maximum Gasteiger partial charge on any atom is 0.231 e. The topological polar surface area (TPSA) is 66.2 Å². The van der Waals surface area contributed by atoms with Crippen molar-refractivity contribution in [1.29, 1.82) is 0 Å². The Kier molecular flexibility index (Phi) is 7.47. The first-order chi connectivity index (χ1) is 15.7. The maximum atomic E-state index is 5.59. The highest BCUT2D eigenvalue weighted by Gasteiger charge is 2.16. The molecule has 4 rings (SSSR count). The van der Waals surface area contributed by atoms with Crippen molar-refractivity contribution in [3.63, 3.8) is 0 Å². The molecule has 0 radical (unpaired) electrons. The number of hydrogen-bond acceptors (Lipinski definition) is 7. The van der Waals surface area contributed by atoms with Crippen LogP contribution in [0.25, 0.3) is 11.3 Å². The molecule has 0 fully saturated rings. The van der Waals surface area contributed by atoms with Crippen LogP contribution in [0, 0.1) is 6.92 Å². The monoisotopic (exact) mass is 455 g/mol. The highest BCUT2D eigenvalue weighted by Crippen LogP contribution is 2.36. The Hall–Kier alpha value is -2.81. The molecule has 0 bridgehead atoms. The zero-order valence-corrected chi connectivity index (χ0v) is 19.5. The third-order valence-electron chi connectivity index (χ3n) is 5.24. The van der Waals surface area contributed by atoms with E-state index in [0.717, 1.165) is 70.6 Å². The number of rotatable bonds is 10. The number of nitrogens with zero attached hydrogens (tertiary/aromatic N) is 2. The van der Waals surface area contributed by atoms with Gasteiger partial charge >= 0.3 is 0 Å². The van der Waals surface area contributed by atoms with Crippen LogP contribution < -0.4 is 24.3 Å². The summed E-state index contributed by atoms with van der Waals surface area (Å²) < 4.78 is 24.0. The van der Waals surface area contributed by atoms with Gasteiger partial charge in [-0.05, 0) is 55.8 Å². The van der Waals surface area contributed by atoms with Gasteiger partial charge in [-0.15, -0.1) is 11.3 Å². The SMILES string of the molecule is COCCNCCCn1c(-c2ccc3c(c2)OCO3)csc1=Nc1ccc(C)cc1OC. The summed E-state index contributed by atoms with van der Waals surface area (Å²) >= 11 is 1.62. The van der Waals surface area contributed by atoms with Crippen molar-refractivity contribution < 1.29 is 18.9 Å². The van der Waals surface area contributed by atoms with Crippen molar-refractivity contribution in [2.45, 2.75) is 19.9 Å². The molecule has 0 unspecified atom stereocenters. The molecule has 0 aliphatic carbocycles. The molecular formula is C24H29N3O4S. The molecular weight excluding hydrogens is 426 g/mol. The molecule has 2 aromatic carbocycles. The molecule has 1 aromatic heterocycles. The van der Waals surface area contributed by atoms with Crippen LogP contribution in [-0.4, -0.2) is 45.3 Å².